The second kappa shape index (κ2) is 6.79. The van der Waals surface area contributed by atoms with Crippen molar-refractivity contribution in [1.29, 1.82) is 0 Å². The summed E-state index contributed by atoms with van der Waals surface area (Å²) in [5, 5.41) is 0.357. The zero-order chi connectivity index (χ0) is 14.5. The van der Waals surface area contributed by atoms with Crippen LogP contribution in [-0.4, -0.2) is 24.1 Å². The van der Waals surface area contributed by atoms with Crippen LogP contribution in [0.4, 0.5) is 13.2 Å². The molecule has 3 nitrogen and oxygen atoms in total. The molecule has 0 heterocycles. The molecule has 1 aromatic rings. The minimum absolute atomic E-state index is 0.0732. The molecule has 0 saturated heterocycles. The Morgan fingerprint density at radius 3 is 2.58 bits per heavy atom. The summed E-state index contributed by atoms with van der Waals surface area (Å²) in [5.74, 6) is -0.630. The summed E-state index contributed by atoms with van der Waals surface area (Å²) in [4.78, 5) is 11.8. The van der Waals surface area contributed by atoms with E-state index in [2.05, 4.69) is 20.7 Å². The monoisotopic (exact) mass is 340 g/mol. The lowest BCUT2D eigenvalue weighted by molar-refractivity contribution is -0.274. The van der Waals surface area contributed by atoms with Gasteiger partial charge in [0.1, 0.15) is 11.5 Å². The van der Waals surface area contributed by atoms with E-state index in [4.69, 9.17) is 4.74 Å². The van der Waals surface area contributed by atoms with Gasteiger partial charge >= 0.3 is 6.36 Å². The predicted molar refractivity (Wildman–Crippen MR) is 67.0 cm³/mol. The molecular weight excluding hydrogens is 329 g/mol. The molecule has 0 bridgehead atoms. The fraction of sp³-hybridized carbons (Fsp3) is 0.417. The lowest BCUT2D eigenvalue weighted by atomic mass is 10.1. The first kappa shape index (κ1) is 15.8. The SMILES string of the molecule is CCOc1ccc(OC(F)(F)F)c(C(=O)CCBr)c1. The maximum atomic E-state index is 12.2. The number of ether oxygens (including phenoxy) is 2. The van der Waals surface area contributed by atoms with Crippen LogP contribution in [0, 0.1) is 0 Å². The van der Waals surface area contributed by atoms with Gasteiger partial charge in [-0.05, 0) is 25.1 Å². The molecule has 7 heteroatoms. The summed E-state index contributed by atoms with van der Waals surface area (Å²) in [7, 11) is 0. The van der Waals surface area contributed by atoms with Crippen molar-refractivity contribution in [3.8, 4) is 11.5 Å². The number of alkyl halides is 4. The number of ketones is 1. The molecule has 106 valence electrons. The average Bonchev–Trinajstić information content (AvgIpc) is 2.30. The van der Waals surface area contributed by atoms with E-state index >= 15 is 0 Å². The van der Waals surface area contributed by atoms with Gasteiger partial charge in [0.05, 0.1) is 12.2 Å². The van der Waals surface area contributed by atoms with E-state index in [9.17, 15) is 18.0 Å². The standard InChI is InChI=1S/C12H12BrF3O3/c1-2-18-8-3-4-11(19-12(14,15)16)9(7-8)10(17)5-6-13/h3-4,7H,2,5-6H2,1H3. The van der Waals surface area contributed by atoms with Crippen molar-refractivity contribution in [2.24, 2.45) is 0 Å². The summed E-state index contributed by atoms with van der Waals surface area (Å²) >= 11 is 3.07. The van der Waals surface area contributed by atoms with Crippen molar-refractivity contribution in [2.45, 2.75) is 19.7 Å². The Morgan fingerprint density at radius 2 is 2.05 bits per heavy atom. The molecule has 1 aromatic carbocycles. The summed E-state index contributed by atoms with van der Waals surface area (Å²) in [5.41, 5.74) is -0.136. The number of carbonyl (C=O) groups is 1. The molecule has 0 spiro atoms. The molecule has 0 aliphatic carbocycles. The molecule has 0 unspecified atom stereocenters. The van der Waals surface area contributed by atoms with E-state index in [1.165, 1.54) is 12.1 Å². The van der Waals surface area contributed by atoms with Gasteiger partial charge in [0.2, 0.25) is 0 Å². The van der Waals surface area contributed by atoms with Crippen LogP contribution < -0.4 is 9.47 Å². The van der Waals surface area contributed by atoms with Gasteiger partial charge in [0.25, 0.3) is 0 Å². The highest BCUT2D eigenvalue weighted by atomic mass is 79.9. The third-order valence-electron chi connectivity index (χ3n) is 2.11. The molecule has 1 rings (SSSR count). The summed E-state index contributed by atoms with van der Waals surface area (Å²) in [6, 6.07) is 3.67. The van der Waals surface area contributed by atoms with E-state index in [0.29, 0.717) is 17.7 Å². The zero-order valence-electron chi connectivity index (χ0n) is 10.1. The van der Waals surface area contributed by atoms with Crippen molar-refractivity contribution in [3.05, 3.63) is 23.8 Å². The van der Waals surface area contributed by atoms with E-state index in [0.717, 1.165) is 6.07 Å². The van der Waals surface area contributed by atoms with Crippen LogP contribution in [0.25, 0.3) is 0 Å². The van der Waals surface area contributed by atoms with Gasteiger partial charge in [-0.15, -0.1) is 13.2 Å². The van der Waals surface area contributed by atoms with Gasteiger partial charge in [0, 0.05) is 11.8 Å². The summed E-state index contributed by atoms with van der Waals surface area (Å²) in [6.07, 6.45) is -4.76. The molecule has 0 radical (unpaired) electrons. The maximum absolute atomic E-state index is 12.2. The summed E-state index contributed by atoms with van der Waals surface area (Å²) in [6.45, 7) is 2.09. The Labute approximate surface area is 116 Å². The molecule has 0 amide bonds. The molecule has 0 aromatic heterocycles. The van der Waals surface area contributed by atoms with Crippen molar-refractivity contribution in [1.82, 2.24) is 0 Å². The summed E-state index contributed by atoms with van der Waals surface area (Å²) < 4.78 is 45.7. The number of carbonyl (C=O) groups excluding carboxylic acids is 1. The van der Waals surface area contributed by atoms with Crippen LogP contribution in [-0.2, 0) is 0 Å². The number of Topliss-reactive ketones (excluding diaryl/α,β-unsaturated/α-hetero) is 1. The first-order valence-corrected chi connectivity index (χ1v) is 6.61. The number of benzene rings is 1. The van der Waals surface area contributed by atoms with Crippen molar-refractivity contribution >= 4 is 21.7 Å². The highest BCUT2D eigenvalue weighted by Gasteiger charge is 2.33. The number of rotatable bonds is 6. The van der Waals surface area contributed by atoms with E-state index in [1.54, 1.807) is 6.92 Å². The molecule has 0 aliphatic rings. The van der Waals surface area contributed by atoms with Gasteiger partial charge in [-0.2, -0.15) is 0 Å². The van der Waals surface area contributed by atoms with Gasteiger partial charge < -0.3 is 9.47 Å². The number of hydrogen-bond acceptors (Lipinski definition) is 3. The Hall–Kier alpha value is -1.24. The third-order valence-corrected chi connectivity index (χ3v) is 2.51. The highest BCUT2D eigenvalue weighted by molar-refractivity contribution is 9.09. The van der Waals surface area contributed by atoms with Crippen molar-refractivity contribution in [2.75, 3.05) is 11.9 Å². The maximum Gasteiger partial charge on any atom is 0.573 e. The second-order valence-corrected chi connectivity index (χ2v) is 4.29. The van der Waals surface area contributed by atoms with Crippen LogP contribution >= 0.6 is 15.9 Å². The lowest BCUT2D eigenvalue weighted by Gasteiger charge is -2.14. The minimum atomic E-state index is -4.84. The van der Waals surface area contributed by atoms with Crippen molar-refractivity contribution in [3.63, 3.8) is 0 Å². The highest BCUT2D eigenvalue weighted by Crippen LogP contribution is 2.30. The van der Waals surface area contributed by atoms with Gasteiger partial charge in [-0.25, -0.2) is 0 Å². The zero-order valence-corrected chi connectivity index (χ0v) is 11.7. The Bertz CT molecular complexity index is 446. The van der Waals surface area contributed by atoms with Crippen LogP contribution in [0.1, 0.15) is 23.7 Å². The lowest BCUT2D eigenvalue weighted by Crippen LogP contribution is -2.19. The molecule has 0 saturated carbocycles. The normalized spacial score (nSPS) is 11.2. The number of halogens is 4. The molecular formula is C12H12BrF3O3. The van der Waals surface area contributed by atoms with E-state index in [1.807, 2.05) is 0 Å². The van der Waals surface area contributed by atoms with Gasteiger partial charge in [0.15, 0.2) is 5.78 Å². The van der Waals surface area contributed by atoms with E-state index in [-0.39, 0.29) is 12.0 Å². The van der Waals surface area contributed by atoms with Gasteiger partial charge in [-0.1, -0.05) is 15.9 Å². The molecule has 19 heavy (non-hydrogen) atoms. The van der Waals surface area contributed by atoms with Gasteiger partial charge in [-0.3, -0.25) is 4.79 Å². The van der Waals surface area contributed by atoms with Crippen molar-refractivity contribution < 1.29 is 27.4 Å². The molecule has 0 fully saturated rings. The van der Waals surface area contributed by atoms with E-state index < -0.39 is 17.9 Å². The Morgan fingerprint density at radius 1 is 1.37 bits per heavy atom. The van der Waals surface area contributed by atoms with Crippen LogP contribution in [0.3, 0.4) is 0 Å². The Kier molecular flexibility index (Phi) is 5.65. The molecule has 0 N–H and O–H groups in total. The quantitative estimate of drug-likeness (QED) is 0.581. The Balaban J connectivity index is 3.11. The smallest absolute Gasteiger partial charge is 0.494 e. The first-order chi connectivity index (χ1) is 8.87. The van der Waals surface area contributed by atoms with Crippen LogP contribution in [0.2, 0.25) is 0 Å². The van der Waals surface area contributed by atoms with Crippen LogP contribution in [0.15, 0.2) is 18.2 Å². The fourth-order valence-electron chi connectivity index (χ4n) is 1.42. The predicted octanol–water partition coefficient (Wildman–Crippen LogP) is 3.95. The topological polar surface area (TPSA) is 35.5 Å². The minimum Gasteiger partial charge on any atom is -0.494 e. The average molecular weight is 341 g/mol. The van der Waals surface area contributed by atoms with Crippen LogP contribution in [0.5, 0.6) is 11.5 Å². The largest absolute Gasteiger partial charge is 0.573 e. The first-order valence-electron chi connectivity index (χ1n) is 5.49. The number of hydrogen-bond donors (Lipinski definition) is 0. The molecule has 0 aliphatic heterocycles. The third kappa shape index (κ3) is 5.10. The fourth-order valence-corrected chi connectivity index (χ4v) is 1.78. The molecule has 0 atom stereocenters. The second-order valence-electron chi connectivity index (χ2n) is 3.50.